The van der Waals surface area contributed by atoms with Gasteiger partial charge in [-0.15, -0.1) is 0 Å². The van der Waals surface area contributed by atoms with E-state index in [1.807, 2.05) is 18.2 Å². The van der Waals surface area contributed by atoms with Crippen molar-refractivity contribution < 1.29 is 22.8 Å². The van der Waals surface area contributed by atoms with Crippen LogP contribution in [-0.2, 0) is 17.5 Å². The smallest absolute Gasteiger partial charge is 0.324 e. The van der Waals surface area contributed by atoms with Crippen molar-refractivity contribution in [2.75, 3.05) is 10.6 Å². The Kier molecular flexibility index (Phi) is 7.76. The molecule has 0 spiro atoms. The summed E-state index contributed by atoms with van der Waals surface area (Å²) in [6.45, 7) is 3.87. The van der Waals surface area contributed by atoms with E-state index in [0.29, 0.717) is 40.2 Å². The molecule has 4 aromatic rings. The highest BCUT2D eigenvalue weighted by molar-refractivity contribution is 9.10. The maximum Gasteiger partial charge on any atom is 0.433 e. The number of nitrogens with one attached hydrogen (secondary N) is 2. The fourth-order valence-corrected chi connectivity index (χ4v) is 4.93. The Morgan fingerprint density at radius 2 is 1.95 bits per heavy atom. The van der Waals surface area contributed by atoms with E-state index in [9.17, 15) is 22.8 Å². The number of carbonyl (C=O) groups excluding carboxylic acids is 2. The predicted molar refractivity (Wildman–Crippen MR) is 152 cm³/mol. The minimum atomic E-state index is -4.72. The number of pyridine rings is 2. The lowest BCUT2D eigenvalue weighted by Crippen LogP contribution is -2.22. The van der Waals surface area contributed by atoms with Crippen LogP contribution >= 0.6 is 15.9 Å². The van der Waals surface area contributed by atoms with Gasteiger partial charge in [0.15, 0.2) is 0 Å². The molecule has 1 aliphatic rings. The Morgan fingerprint density at radius 3 is 2.63 bits per heavy atom. The van der Waals surface area contributed by atoms with Crippen LogP contribution in [0.4, 0.5) is 24.5 Å². The largest absolute Gasteiger partial charge is 0.433 e. The minimum absolute atomic E-state index is 0.0563. The Hall–Kier alpha value is -4.32. The molecule has 0 aliphatic heterocycles. The van der Waals surface area contributed by atoms with Crippen molar-refractivity contribution in [3.05, 3.63) is 99.7 Å². The molecule has 1 atom stereocenters. The van der Waals surface area contributed by atoms with Gasteiger partial charge in [0.25, 0.3) is 5.91 Å². The standard InChI is InChI=1S/C29H24BrF3N6O2/c1-16-26(37-28(41)23-13-25(29(31,32)33)36-24-10-9-20(30)12-22(23)24)17(2)39(38-16)15-18-5-7-19(8-6-18)27(40)35-21-4-3-11-34-14-21/h3-7,9-14,19H,8,15H2,1-2H3,(H,35,40)(H,37,41). The van der Waals surface area contributed by atoms with Crippen molar-refractivity contribution in [1.29, 1.82) is 0 Å². The maximum absolute atomic E-state index is 13.5. The summed E-state index contributed by atoms with van der Waals surface area (Å²) in [5, 5.41) is 10.4. The van der Waals surface area contributed by atoms with E-state index in [4.69, 9.17) is 0 Å². The van der Waals surface area contributed by atoms with Gasteiger partial charge in [0.1, 0.15) is 5.69 Å². The van der Waals surface area contributed by atoms with Crippen LogP contribution in [0.5, 0.6) is 0 Å². The lowest BCUT2D eigenvalue weighted by atomic mass is 9.96. The molecular weight excluding hydrogens is 601 g/mol. The Balaban J connectivity index is 1.32. The molecule has 0 radical (unpaired) electrons. The number of fused-ring (bicyclic) bond motifs is 1. The molecule has 1 aliphatic carbocycles. The summed E-state index contributed by atoms with van der Waals surface area (Å²) in [6.07, 6.45) is 4.66. The van der Waals surface area contributed by atoms with Crippen LogP contribution in [0.3, 0.4) is 0 Å². The molecule has 12 heteroatoms. The first-order chi connectivity index (χ1) is 19.5. The number of aromatic nitrogens is 4. The predicted octanol–water partition coefficient (Wildman–Crippen LogP) is 6.62. The Morgan fingerprint density at radius 1 is 1.15 bits per heavy atom. The molecular formula is C29H24BrF3N6O2. The van der Waals surface area contributed by atoms with Gasteiger partial charge in [0.2, 0.25) is 5.91 Å². The number of anilines is 2. The number of hydrogen-bond acceptors (Lipinski definition) is 5. The van der Waals surface area contributed by atoms with Crippen LogP contribution in [0, 0.1) is 19.8 Å². The molecule has 1 unspecified atom stereocenters. The van der Waals surface area contributed by atoms with Gasteiger partial charge in [-0.05, 0) is 62.2 Å². The first-order valence-electron chi connectivity index (χ1n) is 12.6. The number of nitrogens with zero attached hydrogens (tertiary/aromatic N) is 4. The fraction of sp³-hybridized carbons (Fsp3) is 0.207. The average Bonchev–Trinajstić information content (AvgIpc) is 3.20. The summed E-state index contributed by atoms with van der Waals surface area (Å²) in [7, 11) is 0. The lowest BCUT2D eigenvalue weighted by Gasteiger charge is -2.16. The van der Waals surface area contributed by atoms with Gasteiger partial charge in [0.05, 0.1) is 52.5 Å². The molecule has 41 heavy (non-hydrogen) atoms. The van der Waals surface area contributed by atoms with Crippen LogP contribution in [0.25, 0.3) is 10.9 Å². The third-order valence-corrected chi connectivity index (χ3v) is 7.19. The molecule has 0 saturated carbocycles. The zero-order valence-electron chi connectivity index (χ0n) is 22.0. The lowest BCUT2D eigenvalue weighted by molar-refractivity contribution is -0.141. The van der Waals surface area contributed by atoms with Crippen molar-refractivity contribution in [2.45, 2.75) is 33.0 Å². The van der Waals surface area contributed by atoms with Crippen LogP contribution in [-0.4, -0.2) is 31.6 Å². The van der Waals surface area contributed by atoms with Crippen molar-refractivity contribution in [3.63, 3.8) is 0 Å². The SMILES string of the molecule is Cc1nn(CC2=CCC(C(=O)Nc3cccnc3)C=C2)c(C)c1NC(=O)c1cc(C(F)(F)F)nc2ccc(Br)cc12. The second-order valence-corrected chi connectivity index (χ2v) is 10.5. The average molecular weight is 625 g/mol. The van der Waals surface area contributed by atoms with Crippen molar-refractivity contribution in [1.82, 2.24) is 19.7 Å². The van der Waals surface area contributed by atoms with E-state index < -0.39 is 17.8 Å². The third-order valence-electron chi connectivity index (χ3n) is 6.70. The van der Waals surface area contributed by atoms with Crippen molar-refractivity contribution in [3.8, 4) is 0 Å². The van der Waals surface area contributed by atoms with Crippen molar-refractivity contribution in [2.24, 2.45) is 5.92 Å². The maximum atomic E-state index is 13.5. The van der Waals surface area contributed by atoms with Gasteiger partial charge in [-0.3, -0.25) is 19.3 Å². The van der Waals surface area contributed by atoms with Gasteiger partial charge < -0.3 is 10.6 Å². The second kappa shape index (κ2) is 11.3. The first kappa shape index (κ1) is 28.2. The second-order valence-electron chi connectivity index (χ2n) is 9.58. The molecule has 8 nitrogen and oxygen atoms in total. The Bertz CT molecular complexity index is 1710. The highest BCUT2D eigenvalue weighted by Crippen LogP contribution is 2.33. The molecule has 3 aromatic heterocycles. The van der Waals surface area contributed by atoms with Crippen LogP contribution < -0.4 is 10.6 Å². The number of allylic oxidation sites excluding steroid dienone is 3. The molecule has 2 N–H and O–H groups in total. The van der Waals surface area contributed by atoms with E-state index in [1.165, 1.54) is 6.07 Å². The van der Waals surface area contributed by atoms with E-state index in [0.717, 1.165) is 11.6 Å². The first-order valence-corrected chi connectivity index (χ1v) is 13.4. The highest BCUT2D eigenvalue weighted by atomic mass is 79.9. The molecule has 2 amide bonds. The quantitative estimate of drug-likeness (QED) is 0.251. The molecule has 5 rings (SSSR count). The molecule has 0 saturated heterocycles. The minimum Gasteiger partial charge on any atom is -0.324 e. The van der Waals surface area contributed by atoms with Gasteiger partial charge >= 0.3 is 6.18 Å². The number of aryl methyl sites for hydroxylation is 1. The number of rotatable bonds is 6. The number of alkyl halides is 3. The van der Waals surface area contributed by atoms with Gasteiger partial charge in [0, 0.05) is 16.1 Å². The number of carbonyl (C=O) groups is 2. The van der Waals surface area contributed by atoms with Gasteiger partial charge in [-0.2, -0.15) is 18.3 Å². The normalized spacial score (nSPS) is 15.1. The number of halogens is 4. The van der Waals surface area contributed by atoms with Crippen LogP contribution in [0.15, 0.2) is 77.1 Å². The van der Waals surface area contributed by atoms with E-state index in [1.54, 1.807) is 55.2 Å². The van der Waals surface area contributed by atoms with Crippen molar-refractivity contribution >= 4 is 50.0 Å². The fourth-order valence-electron chi connectivity index (χ4n) is 4.56. The summed E-state index contributed by atoms with van der Waals surface area (Å²) >= 11 is 3.31. The number of benzene rings is 1. The Labute approximate surface area is 241 Å². The van der Waals surface area contributed by atoms with E-state index >= 15 is 0 Å². The highest BCUT2D eigenvalue weighted by Gasteiger charge is 2.34. The van der Waals surface area contributed by atoms with Crippen LogP contribution in [0.2, 0.25) is 0 Å². The zero-order valence-corrected chi connectivity index (χ0v) is 23.5. The van der Waals surface area contributed by atoms with Gasteiger partial charge in [-0.25, -0.2) is 4.98 Å². The summed E-state index contributed by atoms with van der Waals surface area (Å²) in [4.78, 5) is 33.6. The summed E-state index contributed by atoms with van der Waals surface area (Å²) in [5.41, 5.74) is 1.88. The summed E-state index contributed by atoms with van der Waals surface area (Å²) < 4.78 is 42.9. The molecule has 0 fully saturated rings. The topological polar surface area (TPSA) is 102 Å². The van der Waals surface area contributed by atoms with Gasteiger partial charge in [-0.1, -0.05) is 34.2 Å². The molecule has 0 bridgehead atoms. The van der Waals surface area contributed by atoms with Crippen LogP contribution in [0.1, 0.15) is 33.9 Å². The zero-order chi connectivity index (χ0) is 29.3. The molecule has 1 aromatic carbocycles. The number of hydrogen-bond donors (Lipinski definition) is 2. The van der Waals surface area contributed by atoms with E-state index in [2.05, 4.69) is 41.6 Å². The van der Waals surface area contributed by atoms with E-state index in [-0.39, 0.29) is 28.3 Å². The summed E-state index contributed by atoms with van der Waals surface area (Å²) in [5.74, 6) is -1.16. The monoisotopic (exact) mass is 624 g/mol. The molecule has 210 valence electrons. The third kappa shape index (κ3) is 6.22. The summed E-state index contributed by atoms with van der Waals surface area (Å²) in [6, 6.07) is 8.83. The molecule has 3 heterocycles. The number of amides is 2.